The van der Waals surface area contributed by atoms with E-state index in [1.165, 1.54) is 5.56 Å². The molecule has 1 saturated carbocycles. The largest absolute Gasteiger partial charge is 0.370 e. The van der Waals surface area contributed by atoms with E-state index in [9.17, 15) is 0 Å². The van der Waals surface area contributed by atoms with E-state index in [0.29, 0.717) is 17.9 Å². The zero-order valence-corrected chi connectivity index (χ0v) is 16.6. The molecule has 2 atom stereocenters. The van der Waals surface area contributed by atoms with Crippen LogP contribution in [0.15, 0.2) is 47.7 Å². The fourth-order valence-corrected chi connectivity index (χ4v) is 3.88. The van der Waals surface area contributed by atoms with Crippen LogP contribution < -0.4 is 5.73 Å². The van der Waals surface area contributed by atoms with Crippen molar-refractivity contribution < 1.29 is 0 Å². The van der Waals surface area contributed by atoms with Gasteiger partial charge in [-0.1, -0.05) is 18.2 Å². The molecule has 1 saturated heterocycles. The maximum Gasteiger partial charge on any atom is 0.191 e. The smallest absolute Gasteiger partial charge is 0.191 e. The first-order valence-corrected chi connectivity index (χ1v) is 9.23. The molecule has 2 fully saturated rings. The summed E-state index contributed by atoms with van der Waals surface area (Å²) in [5.41, 5.74) is 8.51. The summed E-state index contributed by atoms with van der Waals surface area (Å²) in [7, 11) is 0. The van der Waals surface area contributed by atoms with E-state index in [1.807, 2.05) is 40.8 Å². The van der Waals surface area contributed by atoms with Crippen LogP contribution in [0.2, 0.25) is 0 Å². The normalized spacial score (nSPS) is 23.7. The maximum absolute atomic E-state index is 6.17. The topological polar surface area (TPSA) is 59.4 Å². The lowest BCUT2D eigenvalue weighted by Crippen LogP contribution is -2.42. The van der Waals surface area contributed by atoms with E-state index in [2.05, 4.69) is 28.3 Å². The molecule has 1 aromatic carbocycles. The summed E-state index contributed by atoms with van der Waals surface area (Å²) in [6.07, 6.45) is 5.15. The summed E-state index contributed by atoms with van der Waals surface area (Å²) in [4.78, 5) is 6.93. The molecule has 2 aromatic rings. The SMILES string of the molecule is I.NC(=N[C@@H]1C[C@H]1c1cnn(-c2ccccc2)c1)N1CCSCC1. The van der Waals surface area contributed by atoms with Crippen LogP contribution in [0.25, 0.3) is 5.69 Å². The number of nitrogens with zero attached hydrogens (tertiary/aromatic N) is 4. The van der Waals surface area contributed by atoms with Crippen LogP contribution >= 0.6 is 35.7 Å². The zero-order valence-electron chi connectivity index (χ0n) is 13.4. The van der Waals surface area contributed by atoms with Gasteiger partial charge in [0.2, 0.25) is 0 Å². The molecule has 1 aliphatic carbocycles. The number of rotatable bonds is 3. The van der Waals surface area contributed by atoms with Crippen LogP contribution in [0.3, 0.4) is 0 Å². The van der Waals surface area contributed by atoms with Gasteiger partial charge in [0.05, 0.1) is 17.9 Å². The van der Waals surface area contributed by atoms with E-state index >= 15 is 0 Å². The molecule has 4 rings (SSSR count). The number of thioether (sulfide) groups is 1. The molecule has 128 valence electrons. The van der Waals surface area contributed by atoms with Crippen LogP contribution in [0.4, 0.5) is 0 Å². The van der Waals surface area contributed by atoms with Crippen molar-refractivity contribution >= 4 is 41.7 Å². The Kier molecular flexibility index (Phi) is 5.70. The van der Waals surface area contributed by atoms with Gasteiger partial charge in [-0.15, -0.1) is 24.0 Å². The number of hydrogen-bond donors (Lipinski definition) is 1. The van der Waals surface area contributed by atoms with E-state index < -0.39 is 0 Å². The third-order valence-electron chi connectivity index (χ3n) is 4.44. The fraction of sp³-hybridized carbons (Fsp3) is 0.412. The molecule has 0 spiro atoms. The Morgan fingerprint density at radius 1 is 1.21 bits per heavy atom. The lowest BCUT2D eigenvalue weighted by molar-refractivity contribution is 0.455. The summed E-state index contributed by atoms with van der Waals surface area (Å²) >= 11 is 1.99. The molecule has 2 aliphatic rings. The van der Waals surface area contributed by atoms with Gasteiger partial charge in [0.15, 0.2) is 5.96 Å². The second kappa shape index (κ2) is 7.77. The highest BCUT2D eigenvalue weighted by Gasteiger charge is 2.39. The number of nitrogens with two attached hydrogens (primary N) is 1. The molecular weight excluding hydrogens is 433 g/mol. The first-order valence-electron chi connectivity index (χ1n) is 8.07. The van der Waals surface area contributed by atoms with Gasteiger partial charge in [0, 0.05) is 36.7 Å². The van der Waals surface area contributed by atoms with E-state index in [4.69, 9.17) is 10.7 Å². The average molecular weight is 455 g/mol. The molecule has 0 unspecified atom stereocenters. The number of para-hydroxylation sites is 1. The Balaban J connectivity index is 0.00000169. The van der Waals surface area contributed by atoms with Crippen molar-refractivity contribution in [2.24, 2.45) is 10.7 Å². The average Bonchev–Trinajstić information content (AvgIpc) is 3.19. The molecule has 0 radical (unpaired) electrons. The number of halogens is 1. The quantitative estimate of drug-likeness (QED) is 0.440. The van der Waals surface area contributed by atoms with Gasteiger partial charge in [-0.2, -0.15) is 16.9 Å². The van der Waals surface area contributed by atoms with E-state index in [0.717, 1.165) is 36.7 Å². The molecule has 0 amide bonds. The maximum atomic E-state index is 6.17. The Hall–Kier alpha value is -1.22. The summed E-state index contributed by atoms with van der Waals surface area (Å²) in [5.74, 6) is 3.47. The van der Waals surface area contributed by atoms with Crippen molar-refractivity contribution in [3.05, 3.63) is 48.3 Å². The zero-order chi connectivity index (χ0) is 15.6. The third-order valence-corrected chi connectivity index (χ3v) is 5.38. The van der Waals surface area contributed by atoms with Crippen LogP contribution in [0, 0.1) is 0 Å². The van der Waals surface area contributed by atoms with Crippen molar-refractivity contribution in [1.29, 1.82) is 0 Å². The molecule has 0 bridgehead atoms. The highest BCUT2D eigenvalue weighted by atomic mass is 127. The van der Waals surface area contributed by atoms with Crippen molar-refractivity contribution in [3.63, 3.8) is 0 Å². The van der Waals surface area contributed by atoms with Gasteiger partial charge in [0.25, 0.3) is 0 Å². The fourth-order valence-electron chi connectivity index (χ4n) is 2.98. The first-order chi connectivity index (χ1) is 11.3. The van der Waals surface area contributed by atoms with Crippen molar-refractivity contribution in [3.8, 4) is 5.69 Å². The molecule has 1 aliphatic heterocycles. The number of aromatic nitrogens is 2. The van der Waals surface area contributed by atoms with Gasteiger partial charge in [-0.25, -0.2) is 9.67 Å². The minimum atomic E-state index is 0. The van der Waals surface area contributed by atoms with Crippen LogP contribution in [0.1, 0.15) is 17.9 Å². The molecule has 24 heavy (non-hydrogen) atoms. The highest BCUT2D eigenvalue weighted by Crippen LogP contribution is 2.43. The predicted octanol–water partition coefficient (Wildman–Crippen LogP) is 2.71. The molecule has 2 N–H and O–H groups in total. The Morgan fingerprint density at radius 3 is 2.71 bits per heavy atom. The van der Waals surface area contributed by atoms with Crippen molar-refractivity contribution in [2.45, 2.75) is 18.4 Å². The third kappa shape index (κ3) is 3.88. The second-order valence-corrected chi connectivity index (χ2v) is 7.27. The molecule has 2 heterocycles. The van der Waals surface area contributed by atoms with E-state index in [-0.39, 0.29) is 24.0 Å². The lowest BCUT2D eigenvalue weighted by Gasteiger charge is -2.27. The van der Waals surface area contributed by atoms with Crippen LogP contribution in [-0.2, 0) is 0 Å². The predicted molar refractivity (Wildman–Crippen MR) is 111 cm³/mol. The molecule has 7 heteroatoms. The minimum Gasteiger partial charge on any atom is -0.370 e. The van der Waals surface area contributed by atoms with Crippen LogP contribution in [-0.4, -0.2) is 51.3 Å². The summed E-state index contributed by atoms with van der Waals surface area (Å²) in [6, 6.07) is 10.5. The monoisotopic (exact) mass is 455 g/mol. The van der Waals surface area contributed by atoms with Gasteiger partial charge >= 0.3 is 0 Å². The van der Waals surface area contributed by atoms with Gasteiger partial charge in [-0.05, 0) is 24.1 Å². The standard InChI is InChI=1S/C17H21N5S.HI/c18-17(21-6-8-23-9-7-21)20-16-10-15(16)13-11-19-22(12-13)14-4-2-1-3-5-14;/h1-5,11-12,15-16H,6-10H2,(H2,18,20);1H/t15-,16+;/m0./s1. The minimum absolute atomic E-state index is 0. The van der Waals surface area contributed by atoms with Crippen molar-refractivity contribution in [2.75, 3.05) is 24.6 Å². The van der Waals surface area contributed by atoms with Crippen molar-refractivity contribution in [1.82, 2.24) is 14.7 Å². The number of benzene rings is 1. The summed E-state index contributed by atoms with van der Waals surface area (Å²) in [5, 5.41) is 4.47. The Bertz CT molecular complexity index is 696. The molecule has 5 nitrogen and oxygen atoms in total. The Morgan fingerprint density at radius 2 is 1.96 bits per heavy atom. The molecular formula is C17H22IN5S. The number of guanidine groups is 1. The summed E-state index contributed by atoms with van der Waals surface area (Å²) in [6.45, 7) is 2.03. The van der Waals surface area contributed by atoms with E-state index in [1.54, 1.807) is 0 Å². The second-order valence-electron chi connectivity index (χ2n) is 6.05. The first kappa shape index (κ1) is 17.6. The van der Waals surface area contributed by atoms with Gasteiger partial charge < -0.3 is 10.6 Å². The number of hydrogen-bond acceptors (Lipinski definition) is 3. The van der Waals surface area contributed by atoms with Gasteiger partial charge in [0.1, 0.15) is 0 Å². The highest BCUT2D eigenvalue weighted by molar-refractivity contribution is 14.0. The van der Waals surface area contributed by atoms with Gasteiger partial charge in [-0.3, -0.25) is 0 Å². The molecule has 1 aromatic heterocycles. The van der Waals surface area contributed by atoms with Crippen LogP contribution in [0.5, 0.6) is 0 Å². The lowest BCUT2D eigenvalue weighted by atomic mass is 10.2. The number of aliphatic imine (C=N–C) groups is 1. The summed E-state index contributed by atoms with van der Waals surface area (Å²) < 4.78 is 1.93. The Labute approximate surface area is 163 Å².